The zero-order chi connectivity index (χ0) is 9.42. The number of thiophene rings is 1. The van der Waals surface area contributed by atoms with Crippen LogP contribution in [0.5, 0.6) is 0 Å². The number of nitrogen functional groups attached to an aromatic ring is 1. The molecule has 0 fully saturated rings. The number of fused-ring (bicyclic) bond motifs is 1. The van der Waals surface area contributed by atoms with Crippen LogP contribution in [-0.4, -0.2) is 0 Å². The molecule has 1 heterocycles. The summed E-state index contributed by atoms with van der Waals surface area (Å²) in [5.41, 5.74) is 8.17. The van der Waals surface area contributed by atoms with Gasteiger partial charge in [-0.2, -0.15) is 0 Å². The molecule has 1 aromatic carbocycles. The van der Waals surface area contributed by atoms with Gasteiger partial charge in [0.15, 0.2) is 0 Å². The molecule has 0 aliphatic rings. The highest BCUT2D eigenvalue weighted by Gasteiger charge is 2.05. The smallest absolute Gasteiger partial charge is 0.0586 e. The quantitative estimate of drug-likeness (QED) is 0.547. The van der Waals surface area contributed by atoms with E-state index in [1.807, 2.05) is 0 Å². The Morgan fingerprint density at radius 2 is 2.23 bits per heavy atom. The number of hydrogen-bond donors (Lipinski definition) is 2. The number of nitrogens with two attached hydrogens (primary N) is 1. The van der Waals surface area contributed by atoms with E-state index in [0.717, 1.165) is 16.3 Å². The molecule has 1 nitrogen and oxygen atoms in total. The molecule has 0 spiro atoms. The normalized spacial score (nSPS) is 10.9. The average molecular weight is 209 g/mol. The molecule has 0 aliphatic carbocycles. The zero-order valence-corrected chi connectivity index (χ0v) is 9.08. The van der Waals surface area contributed by atoms with Crippen LogP contribution in [0.2, 0.25) is 0 Å². The molecule has 3 heteroatoms. The third kappa shape index (κ3) is 1.42. The van der Waals surface area contributed by atoms with Gasteiger partial charge in [-0.1, -0.05) is 19.1 Å². The molecule has 2 aromatic rings. The first kappa shape index (κ1) is 8.91. The van der Waals surface area contributed by atoms with Crippen LogP contribution in [-0.2, 0) is 6.42 Å². The summed E-state index contributed by atoms with van der Waals surface area (Å²) in [6.07, 6.45) is 0.988. The van der Waals surface area contributed by atoms with Crippen LogP contribution in [0.1, 0.15) is 12.5 Å². The van der Waals surface area contributed by atoms with Crippen molar-refractivity contribution in [3.63, 3.8) is 0 Å². The van der Waals surface area contributed by atoms with E-state index in [0.29, 0.717) is 0 Å². The van der Waals surface area contributed by atoms with Crippen LogP contribution >= 0.6 is 24.0 Å². The van der Waals surface area contributed by atoms with E-state index in [1.54, 1.807) is 11.3 Å². The predicted octanol–water partition coefficient (Wildman–Crippen LogP) is 3.33. The maximum atomic E-state index is 6.02. The number of rotatable bonds is 1. The van der Waals surface area contributed by atoms with Crippen molar-refractivity contribution in [3.8, 4) is 0 Å². The molecule has 1 aromatic heterocycles. The molecule has 0 atom stereocenters. The summed E-state index contributed by atoms with van der Waals surface area (Å²) in [6.45, 7) is 2.12. The molecule has 0 saturated heterocycles. The largest absolute Gasteiger partial charge is 0.397 e. The highest BCUT2D eigenvalue weighted by molar-refractivity contribution is 7.83. The predicted molar refractivity (Wildman–Crippen MR) is 62.9 cm³/mol. The SMILES string of the molecule is CCc1ccc2cc(S)sc2c1N. The Bertz CT molecular complexity index is 445. The van der Waals surface area contributed by atoms with E-state index in [4.69, 9.17) is 5.73 Å². The summed E-state index contributed by atoms with van der Waals surface area (Å²) in [6, 6.07) is 6.26. The lowest BCUT2D eigenvalue weighted by molar-refractivity contribution is 1.15. The minimum atomic E-state index is 0.922. The van der Waals surface area contributed by atoms with Gasteiger partial charge in [-0.3, -0.25) is 0 Å². The fourth-order valence-electron chi connectivity index (χ4n) is 1.46. The molecule has 0 unspecified atom stereocenters. The molecular formula is C10H11NS2. The van der Waals surface area contributed by atoms with Crippen LogP contribution in [0.15, 0.2) is 22.4 Å². The lowest BCUT2D eigenvalue weighted by atomic mass is 10.1. The summed E-state index contributed by atoms with van der Waals surface area (Å²) in [5, 5.41) is 1.20. The Hall–Kier alpha value is -0.670. The van der Waals surface area contributed by atoms with E-state index in [9.17, 15) is 0 Å². The Balaban J connectivity index is 2.78. The summed E-state index contributed by atoms with van der Waals surface area (Å²) in [7, 11) is 0. The van der Waals surface area contributed by atoms with Crippen LogP contribution in [0, 0.1) is 0 Å². The highest BCUT2D eigenvalue weighted by atomic mass is 32.2. The zero-order valence-electron chi connectivity index (χ0n) is 7.37. The Morgan fingerprint density at radius 1 is 1.46 bits per heavy atom. The van der Waals surface area contributed by atoms with Gasteiger partial charge in [0.2, 0.25) is 0 Å². The Labute approximate surface area is 87.0 Å². The molecule has 68 valence electrons. The second-order valence-corrected chi connectivity index (χ2v) is 4.83. The lowest BCUT2D eigenvalue weighted by Crippen LogP contribution is -1.91. The second-order valence-electron chi connectivity index (χ2n) is 2.99. The second kappa shape index (κ2) is 3.24. The lowest BCUT2D eigenvalue weighted by Gasteiger charge is -2.02. The van der Waals surface area contributed by atoms with Crippen molar-refractivity contribution in [1.82, 2.24) is 0 Å². The van der Waals surface area contributed by atoms with Gasteiger partial charge in [0, 0.05) is 0 Å². The Kier molecular flexibility index (Phi) is 2.22. The van der Waals surface area contributed by atoms with Gasteiger partial charge < -0.3 is 5.73 Å². The van der Waals surface area contributed by atoms with Gasteiger partial charge in [-0.15, -0.1) is 24.0 Å². The number of benzene rings is 1. The van der Waals surface area contributed by atoms with Crippen LogP contribution < -0.4 is 5.73 Å². The number of thiol groups is 1. The van der Waals surface area contributed by atoms with Gasteiger partial charge in [0.25, 0.3) is 0 Å². The number of hydrogen-bond acceptors (Lipinski definition) is 3. The fourth-order valence-corrected chi connectivity index (χ4v) is 2.75. The van der Waals surface area contributed by atoms with Crippen LogP contribution in [0.3, 0.4) is 0 Å². The number of anilines is 1. The summed E-state index contributed by atoms with van der Waals surface area (Å²) < 4.78 is 2.19. The highest BCUT2D eigenvalue weighted by Crippen LogP contribution is 2.34. The summed E-state index contributed by atoms with van der Waals surface area (Å²) in [5.74, 6) is 0. The van der Waals surface area contributed by atoms with E-state index < -0.39 is 0 Å². The molecule has 0 bridgehead atoms. The molecule has 0 radical (unpaired) electrons. The number of aryl methyl sites for hydroxylation is 1. The third-order valence-corrected chi connectivity index (χ3v) is 3.57. The van der Waals surface area contributed by atoms with Crippen molar-refractivity contribution in [2.75, 3.05) is 5.73 Å². The monoisotopic (exact) mass is 209 g/mol. The van der Waals surface area contributed by atoms with E-state index in [2.05, 4.69) is 37.8 Å². The van der Waals surface area contributed by atoms with E-state index >= 15 is 0 Å². The van der Waals surface area contributed by atoms with E-state index in [-0.39, 0.29) is 0 Å². The van der Waals surface area contributed by atoms with Crippen LogP contribution in [0.25, 0.3) is 10.1 Å². The fraction of sp³-hybridized carbons (Fsp3) is 0.200. The molecule has 0 saturated carbocycles. The minimum absolute atomic E-state index is 0.922. The summed E-state index contributed by atoms with van der Waals surface area (Å²) in [4.78, 5) is 0. The molecular weight excluding hydrogens is 198 g/mol. The first-order chi connectivity index (χ1) is 6.22. The topological polar surface area (TPSA) is 26.0 Å². The van der Waals surface area contributed by atoms with Crippen molar-refractivity contribution in [2.45, 2.75) is 17.6 Å². The van der Waals surface area contributed by atoms with Gasteiger partial charge in [-0.05, 0) is 23.4 Å². The molecule has 2 rings (SSSR count). The molecule has 0 amide bonds. The van der Waals surface area contributed by atoms with Gasteiger partial charge >= 0.3 is 0 Å². The maximum absolute atomic E-state index is 6.02. The average Bonchev–Trinajstić information content (AvgIpc) is 2.47. The van der Waals surface area contributed by atoms with Crippen molar-refractivity contribution < 1.29 is 0 Å². The van der Waals surface area contributed by atoms with Crippen LogP contribution in [0.4, 0.5) is 5.69 Å². The standard InChI is InChI=1S/C10H11NS2/c1-2-6-3-4-7-5-8(12)13-10(7)9(6)11/h3-5,12H,2,11H2,1H3. The van der Waals surface area contributed by atoms with Gasteiger partial charge in [-0.25, -0.2) is 0 Å². The molecule has 0 aliphatic heterocycles. The van der Waals surface area contributed by atoms with E-state index in [1.165, 1.54) is 15.6 Å². The molecule has 13 heavy (non-hydrogen) atoms. The third-order valence-electron chi connectivity index (χ3n) is 2.18. The van der Waals surface area contributed by atoms with Crippen molar-refractivity contribution in [2.24, 2.45) is 0 Å². The minimum Gasteiger partial charge on any atom is -0.397 e. The van der Waals surface area contributed by atoms with Crippen molar-refractivity contribution in [3.05, 3.63) is 23.8 Å². The van der Waals surface area contributed by atoms with Gasteiger partial charge in [0.05, 0.1) is 14.6 Å². The Morgan fingerprint density at radius 3 is 2.92 bits per heavy atom. The summed E-state index contributed by atoms with van der Waals surface area (Å²) >= 11 is 5.96. The van der Waals surface area contributed by atoms with Crippen molar-refractivity contribution >= 4 is 39.7 Å². The first-order valence-corrected chi connectivity index (χ1v) is 5.48. The van der Waals surface area contributed by atoms with Gasteiger partial charge in [0.1, 0.15) is 0 Å². The van der Waals surface area contributed by atoms with Crippen molar-refractivity contribution in [1.29, 1.82) is 0 Å². The maximum Gasteiger partial charge on any atom is 0.0586 e. The molecule has 2 N–H and O–H groups in total. The first-order valence-electron chi connectivity index (χ1n) is 4.22.